The van der Waals surface area contributed by atoms with Gasteiger partial charge in [-0.1, -0.05) is 6.92 Å². The summed E-state index contributed by atoms with van der Waals surface area (Å²) in [6.45, 7) is 6.35. The van der Waals surface area contributed by atoms with Crippen LogP contribution in [-0.4, -0.2) is 55.6 Å². The first kappa shape index (κ1) is 14.0. The van der Waals surface area contributed by atoms with Gasteiger partial charge in [0.05, 0.1) is 6.04 Å². The summed E-state index contributed by atoms with van der Waals surface area (Å²) in [6, 6.07) is 0.735. The van der Waals surface area contributed by atoms with Crippen molar-refractivity contribution in [3.8, 4) is 0 Å². The Bertz CT molecular complexity index is 265. The van der Waals surface area contributed by atoms with Crippen LogP contribution in [0.1, 0.15) is 39.0 Å². The number of Topliss-reactive ketones (excluding diaryl/α,β-unsaturated/α-hetero) is 1. The maximum absolute atomic E-state index is 12.2. The zero-order valence-corrected chi connectivity index (χ0v) is 11.5. The Labute approximate surface area is 110 Å². The van der Waals surface area contributed by atoms with Crippen LogP contribution >= 0.6 is 0 Å². The van der Waals surface area contributed by atoms with Crippen molar-refractivity contribution in [1.29, 1.82) is 0 Å². The summed E-state index contributed by atoms with van der Waals surface area (Å²) in [4.78, 5) is 14.6. The first-order valence-electron chi connectivity index (χ1n) is 7.40. The van der Waals surface area contributed by atoms with Gasteiger partial charge in [-0.2, -0.15) is 0 Å². The number of ketones is 1. The minimum atomic E-state index is 0.130. The first-order chi connectivity index (χ1) is 8.83. The van der Waals surface area contributed by atoms with E-state index >= 15 is 0 Å². The van der Waals surface area contributed by atoms with E-state index in [4.69, 9.17) is 4.74 Å². The molecule has 2 aliphatic rings. The molecule has 1 unspecified atom stereocenters. The number of piperidine rings is 1. The molecule has 1 N–H and O–H groups in total. The highest BCUT2D eigenvalue weighted by Gasteiger charge is 2.35. The van der Waals surface area contributed by atoms with Crippen LogP contribution in [0.25, 0.3) is 0 Å². The number of carbonyl (C=O) groups is 1. The van der Waals surface area contributed by atoms with Crippen molar-refractivity contribution < 1.29 is 9.53 Å². The number of hydrogen-bond donors (Lipinski definition) is 1. The number of ether oxygens (including phenoxy) is 1. The monoisotopic (exact) mass is 254 g/mol. The largest absolute Gasteiger partial charge is 0.374 e. The molecule has 4 heteroatoms. The fourth-order valence-corrected chi connectivity index (χ4v) is 3.12. The van der Waals surface area contributed by atoms with E-state index in [1.54, 1.807) is 0 Å². The number of nitrogens with one attached hydrogen (secondary N) is 1. The second-order valence-electron chi connectivity index (χ2n) is 5.40. The Morgan fingerprint density at radius 1 is 1.33 bits per heavy atom. The molecule has 104 valence electrons. The van der Waals surface area contributed by atoms with Gasteiger partial charge in [-0.3, -0.25) is 9.69 Å². The molecule has 2 fully saturated rings. The van der Waals surface area contributed by atoms with Crippen LogP contribution in [0.3, 0.4) is 0 Å². The Morgan fingerprint density at radius 2 is 2.11 bits per heavy atom. The molecule has 0 aromatic heterocycles. The van der Waals surface area contributed by atoms with Crippen LogP contribution in [0.5, 0.6) is 0 Å². The topological polar surface area (TPSA) is 41.6 Å². The normalized spacial score (nSPS) is 26.6. The zero-order valence-electron chi connectivity index (χ0n) is 11.5. The van der Waals surface area contributed by atoms with Crippen molar-refractivity contribution in [2.45, 2.75) is 51.1 Å². The fraction of sp³-hybridized carbons (Fsp3) is 0.929. The van der Waals surface area contributed by atoms with E-state index < -0.39 is 0 Å². The molecule has 2 aliphatic heterocycles. The molecule has 2 saturated heterocycles. The summed E-state index contributed by atoms with van der Waals surface area (Å²) in [6.07, 6.45) is 5.53. The van der Waals surface area contributed by atoms with E-state index in [-0.39, 0.29) is 6.04 Å². The van der Waals surface area contributed by atoms with Gasteiger partial charge in [0.15, 0.2) is 5.78 Å². The van der Waals surface area contributed by atoms with Crippen LogP contribution in [0, 0.1) is 0 Å². The van der Waals surface area contributed by atoms with Crippen molar-refractivity contribution in [2.75, 3.05) is 32.8 Å². The van der Waals surface area contributed by atoms with Gasteiger partial charge in [0.1, 0.15) is 6.61 Å². The third kappa shape index (κ3) is 3.53. The molecule has 0 aliphatic carbocycles. The number of hydrogen-bond acceptors (Lipinski definition) is 4. The summed E-state index contributed by atoms with van der Waals surface area (Å²) in [5.41, 5.74) is 0. The highest BCUT2D eigenvalue weighted by Crippen LogP contribution is 2.25. The highest BCUT2D eigenvalue weighted by atomic mass is 16.5. The molecule has 0 spiro atoms. The maximum Gasteiger partial charge on any atom is 0.175 e. The molecule has 0 radical (unpaired) electrons. The summed E-state index contributed by atoms with van der Waals surface area (Å²) in [5, 5.41) is 3.39. The van der Waals surface area contributed by atoms with Gasteiger partial charge in [-0.05, 0) is 51.7 Å². The van der Waals surface area contributed by atoms with Crippen LogP contribution < -0.4 is 5.32 Å². The minimum Gasteiger partial charge on any atom is -0.374 e. The third-order valence-corrected chi connectivity index (χ3v) is 4.04. The number of rotatable bonds is 6. The Morgan fingerprint density at radius 3 is 2.83 bits per heavy atom. The van der Waals surface area contributed by atoms with Crippen LogP contribution in [0.15, 0.2) is 0 Å². The fourth-order valence-electron chi connectivity index (χ4n) is 3.12. The lowest BCUT2D eigenvalue weighted by atomic mass is 10.0. The molecule has 4 nitrogen and oxygen atoms in total. The van der Waals surface area contributed by atoms with Crippen LogP contribution in [0.4, 0.5) is 0 Å². The van der Waals surface area contributed by atoms with Crippen molar-refractivity contribution in [3.63, 3.8) is 0 Å². The van der Waals surface area contributed by atoms with Crippen molar-refractivity contribution >= 4 is 5.78 Å². The van der Waals surface area contributed by atoms with Gasteiger partial charge in [0.2, 0.25) is 0 Å². The zero-order chi connectivity index (χ0) is 12.8. The number of nitrogens with zero attached hydrogens (tertiary/aromatic N) is 1. The first-order valence-corrected chi connectivity index (χ1v) is 7.40. The standard InChI is InChI=1S/C14H26N2O2/c1-2-10-18-11-14(17)13-4-3-9-16(13)12-5-7-15-8-6-12/h12-13,15H,2-11H2,1H3. The van der Waals surface area contributed by atoms with Crippen molar-refractivity contribution in [3.05, 3.63) is 0 Å². The molecule has 1 atom stereocenters. The van der Waals surface area contributed by atoms with Gasteiger partial charge >= 0.3 is 0 Å². The summed E-state index contributed by atoms with van der Waals surface area (Å²) < 4.78 is 5.40. The third-order valence-electron chi connectivity index (χ3n) is 4.04. The summed E-state index contributed by atoms with van der Waals surface area (Å²) >= 11 is 0. The maximum atomic E-state index is 12.2. The second-order valence-corrected chi connectivity index (χ2v) is 5.40. The van der Waals surface area contributed by atoms with E-state index in [0.717, 1.165) is 38.9 Å². The van der Waals surface area contributed by atoms with Crippen LogP contribution in [0.2, 0.25) is 0 Å². The molecule has 0 aromatic rings. The second kappa shape index (κ2) is 7.22. The highest BCUT2D eigenvalue weighted by molar-refractivity contribution is 5.85. The average Bonchev–Trinajstić information content (AvgIpc) is 2.89. The molecule has 0 aromatic carbocycles. The molecule has 0 bridgehead atoms. The quantitative estimate of drug-likeness (QED) is 0.723. The van der Waals surface area contributed by atoms with Gasteiger partial charge in [-0.15, -0.1) is 0 Å². The Balaban J connectivity index is 1.84. The smallest absolute Gasteiger partial charge is 0.175 e. The lowest BCUT2D eigenvalue weighted by molar-refractivity contribution is -0.128. The molecule has 2 rings (SSSR count). The van der Waals surface area contributed by atoms with Crippen LogP contribution in [-0.2, 0) is 9.53 Å². The summed E-state index contributed by atoms with van der Waals surface area (Å²) in [7, 11) is 0. The predicted octanol–water partition coefficient (Wildman–Crippen LogP) is 1.20. The molecule has 0 saturated carbocycles. The van der Waals surface area contributed by atoms with Gasteiger partial charge in [-0.25, -0.2) is 0 Å². The molecule has 0 amide bonds. The molecular weight excluding hydrogens is 228 g/mol. The molecular formula is C14H26N2O2. The van der Waals surface area contributed by atoms with Gasteiger partial charge < -0.3 is 10.1 Å². The van der Waals surface area contributed by atoms with E-state index in [1.807, 2.05) is 0 Å². The van der Waals surface area contributed by atoms with Gasteiger partial charge in [0, 0.05) is 12.6 Å². The van der Waals surface area contributed by atoms with E-state index in [1.165, 1.54) is 12.8 Å². The van der Waals surface area contributed by atoms with Gasteiger partial charge in [0.25, 0.3) is 0 Å². The Kier molecular flexibility index (Phi) is 5.60. The predicted molar refractivity (Wildman–Crippen MR) is 71.7 cm³/mol. The molecule has 2 heterocycles. The van der Waals surface area contributed by atoms with E-state index in [9.17, 15) is 4.79 Å². The average molecular weight is 254 g/mol. The minimum absolute atomic E-state index is 0.130. The van der Waals surface area contributed by atoms with Crippen molar-refractivity contribution in [2.24, 2.45) is 0 Å². The van der Waals surface area contributed by atoms with E-state index in [0.29, 0.717) is 25.0 Å². The molecule has 18 heavy (non-hydrogen) atoms. The summed E-state index contributed by atoms with van der Waals surface area (Å²) in [5.74, 6) is 0.291. The van der Waals surface area contributed by atoms with E-state index in [2.05, 4.69) is 17.1 Å². The Hall–Kier alpha value is -0.450. The number of carbonyl (C=O) groups excluding carboxylic acids is 1. The SMILES string of the molecule is CCCOCC(=O)C1CCCN1C1CCNCC1. The number of likely N-dealkylation sites (tertiary alicyclic amines) is 1. The van der Waals surface area contributed by atoms with Crippen molar-refractivity contribution in [1.82, 2.24) is 10.2 Å². The lowest BCUT2D eigenvalue weighted by Crippen LogP contribution is -2.48. The lowest BCUT2D eigenvalue weighted by Gasteiger charge is -2.35.